The first-order valence-electron chi connectivity index (χ1n) is 5.80. The summed E-state index contributed by atoms with van der Waals surface area (Å²) in [4.78, 5) is 23.2. The quantitative estimate of drug-likeness (QED) is 0.663. The van der Waals surface area contributed by atoms with Gasteiger partial charge in [0.2, 0.25) is 5.91 Å². The van der Waals surface area contributed by atoms with E-state index >= 15 is 0 Å². The lowest BCUT2D eigenvalue weighted by molar-refractivity contribution is -0.123. The van der Waals surface area contributed by atoms with Gasteiger partial charge in [0.1, 0.15) is 6.54 Å². The number of nitrogens with one attached hydrogen (secondary N) is 1. The molecule has 0 radical (unpaired) electrons. The Bertz CT molecular complexity index is 468. The zero-order chi connectivity index (χ0) is 13.7. The summed E-state index contributed by atoms with van der Waals surface area (Å²) in [7, 11) is 0. The number of nitrogens with zero attached hydrogens (tertiary/aromatic N) is 1. The minimum atomic E-state index is -0.324. The number of aromatic nitrogens is 1. The third-order valence-electron chi connectivity index (χ3n) is 2.67. The van der Waals surface area contributed by atoms with Crippen molar-refractivity contribution in [1.82, 2.24) is 9.88 Å². The highest BCUT2D eigenvalue weighted by Gasteiger charge is 2.15. The summed E-state index contributed by atoms with van der Waals surface area (Å²) in [5, 5.41) is 11.8. The molecule has 0 spiro atoms. The molecule has 6 heteroatoms. The van der Waals surface area contributed by atoms with Crippen LogP contribution in [-0.4, -0.2) is 28.2 Å². The summed E-state index contributed by atoms with van der Waals surface area (Å²) in [6, 6.07) is 2.49. The molecule has 0 aromatic carbocycles. The number of amides is 1. The molecule has 0 aliphatic carbocycles. The largest absolute Gasteiger partial charge is 0.398 e. The van der Waals surface area contributed by atoms with Crippen molar-refractivity contribution in [2.24, 2.45) is 5.92 Å². The van der Waals surface area contributed by atoms with Crippen LogP contribution in [0, 0.1) is 5.92 Å². The van der Waals surface area contributed by atoms with Crippen LogP contribution < -0.4 is 16.6 Å². The first kappa shape index (κ1) is 14.2. The second kappa shape index (κ2) is 6.20. The zero-order valence-electron chi connectivity index (χ0n) is 10.6. The minimum absolute atomic E-state index is 0.104. The number of hydrogen-bond acceptors (Lipinski definition) is 4. The monoisotopic (exact) mass is 253 g/mol. The van der Waals surface area contributed by atoms with Gasteiger partial charge in [0.25, 0.3) is 5.56 Å². The molecule has 0 bridgehead atoms. The number of rotatable bonds is 5. The molecule has 1 atom stereocenters. The van der Waals surface area contributed by atoms with Crippen molar-refractivity contribution in [2.45, 2.75) is 26.4 Å². The second-order valence-electron chi connectivity index (χ2n) is 4.53. The first-order chi connectivity index (χ1) is 8.43. The van der Waals surface area contributed by atoms with Crippen LogP contribution in [-0.2, 0) is 11.3 Å². The third-order valence-corrected chi connectivity index (χ3v) is 2.67. The summed E-state index contributed by atoms with van der Waals surface area (Å²) in [5.41, 5.74) is 5.68. The third kappa shape index (κ3) is 3.89. The van der Waals surface area contributed by atoms with Gasteiger partial charge in [-0.2, -0.15) is 0 Å². The molecular formula is C12H19N3O3. The number of carbonyl (C=O) groups is 1. The van der Waals surface area contributed by atoms with Crippen molar-refractivity contribution in [1.29, 1.82) is 0 Å². The van der Waals surface area contributed by atoms with Crippen LogP contribution in [0.3, 0.4) is 0 Å². The van der Waals surface area contributed by atoms with E-state index in [-0.39, 0.29) is 36.6 Å². The number of aliphatic hydroxyl groups excluding tert-OH is 1. The van der Waals surface area contributed by atoms with Crippen molar-refractivity contribution in [3.05, 3.63) is 28.7 Å². The van der Waals surface area contributed by atoms with E-state index in [0.29, 0.717) is 5.69 Å². The SMILES string of the molecule is CC(C)C(CO)NC(=O)Cn1cc(N)ccc1=O. The molecule has 1 aromatic heterocycles. The van der Waals surface area contributed by atoms with Crippen LogP contribution >= 0.6 is 0 Å². The average molecular weight is 253 g/mol. The van der Waals surface area contributed by atoms with E-state index in [0.717, 1.165) is 0 Å². The minimum Gasteiger partial charge on any atom is -0.398 e. The lowest BCUT2D eigenvalue weighted by atomic mass is 10.1. The molecule has 1 aromatic rings. The molecule has 0 saturated heterocycles. The van der Waals surface area contributed by atoms with E-state index in [2.05, 4.69) is 5.32 Å². The number of pyridine rings is 1. The van der Waals surface area contributed by atoms with Crippen molar-refractivity contribution in [3.63, 3.8) is 0 Å². The van der Waals surface area contributed by atoms with Crippen LogP contribution in [0.2, 0.25) is 0 Å². The summed E-state index contributed by atoms with van der Waals surface area (Å²) >= 11 is 0. The van der Waals surface area contributed by atoms with E-state index in [1.165, 1.54) is 22.9 Å². The number of aliphatic hydroxyl groups is 1. The maximum atomic E-state index is 11.7. The Hall–Kier alpha value is -1.82. The summed E-state index contributed by atoms with van der Waals surface area (Å²) in [6.45, 7) is 3.56. The van der Waals surface area contributed by atoms with Gasteiger partial charge in [-0.05, 0) is 12.0 Å². The molecule has 0 aliphatic heterocycles. The molecule has 0 aliphatic rings. The fourth-order valence-electron chi connectivity index (χ4n) is 1.50. The smallest absolute Gasteiger partial charge is 0.251 e. The Kier molecular flexibility index (Phi) is 4.91. The highest BCUT2D eigenvalue weighted by Crippen LogP contribution is 2.01. The maximum absolute atomic E-state index is 11.7. The molecule has 100 valence electrons. The van der Waals surface area contributed by atoms with Crippen LogP contribution in [0.1, 0.15) is 13.8 Å². The Labute approximate surface area is 105 Å². The topological polar surface area (TPSA) is 97.3 Å². The highest BCUT2D eigenvalue weighted by molar-refractivity contribution is 5.76. The summed E-state index contributed by atoms with van der Waals surface area (Å²) in [6.07, 6.45) is 1.42. The molecule has 6 nitrogen and oxygen atoms in total. The number of nitrogen functional groups attached to an aromatic ring is 1. The van der Waals surface area contributed by atoms with Gasteiger partial charge in [0, 0.05) is 18.0 Å². The van der Waals surface area contributed by atoms with Gasteiger partial charge < -0.3 is 20.7 Å². The van der Waals surface area contributed by atoms with Crippen molar-refractivity contribution in [2.75, 3.05) is 12.3 Å². The molecule has 1 rings (SSSR count). The van der Waals surface area contributed by atoms with Crippen LogP contribution in [0.15, 0.2) is 23.1 Å². The standard InChI is InChI=1S/C12H19N3O3/c1-8(2)10(7-16)14-11(17)6-15-5-9(13)3-4-12(15)18/h3-5,8,10,16H,6-7,13H2,1-2H3,(H,14,17). The number of anilines is 1. The average Bonchev–Trinajstić information content (AvgIpc) is 2.30. The maximum Gasteiger partial charge on any atom is 0.251 e. The van der Waals surface area contributed by atoms with Gasteiger partial charge in [-0.3, -0.25) is 9.59 Å². The normalized spacial score (nSPS) is 12.4. The van der Waals surface area contributed by atoms with Gasteiger partial charge in [-0.1, -0.05) is 13.8 Å². The predicted octanol–water partition coefficient (Wildman–Crippen LogP) is -0.436. The van der Waals surface area contributed by atoms with Crippen molar-refractivity contribution in [3.8, 4) is 0 Å². The lowest BCUT2D eigenvalue weighted by Crippen LogP contribution is -2.43. The first-order valence-corrected chi connectivity index (χ1v) is 5.80. The summed E-state index contributed by atoms with van der Waals surface area (Å²) in [5.74, 6) is -0.202. The van der Waals surface area contributed by atoms with E-state index in [1.807, 2.05) is 13.8 Å². The molecule has 1 amide bonds. The van der Waals surface area contributed by atoms with E-state index in [4.69, 9.17) is 10.8 Å². The van der Waals surface area contributed by atoms with Crippen molar-refractivity contribution >= 4 is 11.6 Å². The van der Waals surface area contributed by atoms with Crippen molar-refractivity contribution < 1.29 is 9.90 Å². The van der Waals surface area contributed by atoms with Crippen LogP contribution in [0.4, 0.5) is 5.69 Å². The molecule has 1 heterocycles. The fraction of sp³-hybridized carbons (Fsp3) is 0.500. The Morgan fingerprint density at radius 1 is 1.50 bits per heavy atom. The molecule has 1 unspecified atom stereocenters. The van der Waals surface area contributed by atoms with Gasteiger partial charge in [-0.25, -0.2) is 0 Å². The van der Waals surface area contributed by atoms with Crippen LogP contribution in [0.5, 0.6) is 0 Å². The number of carbonyl (C=O) groups excluding carboxylic acids is 1. The van der Waals surface area contributed by atoms with E-state index in [1.54, 1.807) is 0 Å². The van der Waals surface area contributed by atoms with E-state index in [9.17, 15) is 9.59 Å². The molecule has 0 fully saturated rings. The molecule has 0 saturated carbocycles. The van der Waals surface area contributed by atoms with Gasteiger partial charge in [-0.15, -0.1) is 0 Å². The Morgan fingerprint density at radius 2 is 2.17 bits per heavy atom. The highest BCUT2D eigenvalue weighted by atomic mass is 16.3. The van der Waals surface area contributed by atoms with Gasteiger partial charge >= 0.3 is 0 Å². The number of nitrogens with two attached hydrogens (primary N) is 1. The number of hydrogen-bond donors (Lipinski definition) is 3. The zero-order valence-corrected chi connectivity index (χ0v) is 10.6. The second-order valence-corrected chi connectivity index (χ2v) is 4.53. The molecular weight excluding hydrogens is 234 g/mol. The molecule has 18 heavy (non-hydrogen) atoms. The fourth-order valence-corrected chi connectivity index (χ4v) is 1.50. The predicted molar refractivity (Wildman–Crippen MR) is 69.0 cm³/mol. The van der Waals surface area contributed by atoms with Gasteiger partial charge in [0.05, 0.1) is 12.6 Å². The van der Waals surface area contributed by atoms with E-state index < -0.39 is 0 Å². The van der Waals surface area contributed by atoms with Crippen LogP contribution in [0.25, 0.3) is 0 Å². The Balaban J connectivity index is 2.70. The molecule has 4 N–H and O–H groups in total. The summed E-state index contributed by atoms with van der Waals surface area (Å²) < 4.78 is 1.24. The Morgan fingerprint density at radius 3 is 2.72 bits per heavy atom. The van der Waals surface area contributed by atoms with Gasteiger partial charge in [0.15, 0.2) is 0 Å². The lowest BCUT2D eigenvalue weighted by Gasteiger charge is -2.20.